The Hall–Kier alpha value is -1.30. The highest BCUT2D eigenvalue weighted by atomic mass is 19.4. The van der Waals surface area contributed by atoms with Crippen LogP contribution in [0.2, 0.25) is 0 Å². The molecule has 1 rings (SSSR count). The number of alkyl halides is 3. The van der Waals surface area contributed by atoms with Crippen molar-refractivity contribution in [2.45, 2.75) is 38.9 Å². The largest absolute Gasteiger partial charge is 0.405 e. The van der Waals surface area contributed by atoms with E-state index in [1.165, 1.54) is 12.1 Å². The molecule has 0 aromatic heterocycles. The molecule has 1 aromatic carbocycles. The SMILES string of the molecule is CCCN(CC(F)(F)F)c1ccc(CC(C)N)cc1F. The summed E-state index contributed by atoms with van der Waals surface area (Å²) in [4.78, 5) is 1.02. The van der Waals surface area contributed by atoms with Crippen molar-refractivity contribution in [1.82, 2.24) is 0 Å². The Morgan fingerprint density at radius 3 is 2.40 bits per heavy atom. The highest BCUT2D eigenvalue weighted by molar-refractivity contribution is 5.49. The maximum atomic E-state index is 14.0. The Bertz CT molecular complexity index is 430. The summed E-state index contributed by atoms with van der Waals surface area (Å²) in [5.41, 5.74) is 6.29. The molecule has 0 aliphatic carbocycles. The molecular formula is C14H20F4N2. The van der Waals surface area contributed by atoms with Crippen molar-refractivity contribution in [1.29, 1.82) is 0 Å². The van der Waals surface area contributed by atoms with E-state index in [-0.39, 0.29) is 18.3 Å². The normalized spacial score (nSPS) is 13.3. The number of halogens is 4. The van der Waals surface area contributed by atoms with Crippen LogP contribution in [0.5, 0.6) is 0 Å². The first kappa shape index (κ1) is 16.8. The van der Waals surface area contributed by atoms with Crippen molar-refractivity contribution in [2.24, 2.45) is 5.73 Å². The number of rotatable bonds is 6. The quantitative estimate of drug-likeness (QED) is 0.813. The summed E-state index contributed by atoms with van der Waals surface area (Å²) in [6.07, 6.45) is -3.35. The molecular weight excluding hydrogens is 272 g/mol. The molecule has 0 fully saturated rings. The number of hydrogen-bond donors (Lipinski definition) is 1. The van der Waals surface area contributed by atoms with Crippen LogP contribution < -0.4 is 10.6 Å². The van der Waals surface area contributed by atoms with Gasteiger partial charge in [0.2, 0.25) is 0 Å². The van der Waals surface area contributed by atoms with Crippen LogP contribution in [-0.4, -0.2) is 25.3 Å². The molecule has 2 N–H and O–H groups in total. The van der Waals surface area contributed by atoms with Crippen LogP contribution in [0, 0.1) is 5.82 Å². The van der Waals surface area contributed by atoms with Gasteiger partial charge in [0.25, 0.3) is 0 Å². The lowest BCUT2D eigenvalue weighted by Crippen LogP contribution is -2.35. The van der Waals surface area contributed by atoms with E-state index < -0.39 is 18.5 Å². The molecule has 6 heteroatoms. The minimum atomic E-state index is -4.36. The zero-order chi connectivity index (χ0) is 15.3. The van der Waals surface area contributed by atoms with E-state index in [1.54, 1.807) is 19.9 Å². The van der Waals surface area contributed by atoms with Gasteiger partial charge >= 0.3 is 6.18 Å². The lowest BCUT2D eigenvalue weighted by Gasteiger charge is -2.26. The monoisotopic (exact) mass is 292 g/mol. The van der Waals surface area contributed by atoms with Crippen molar-refractivity contribution < 1.29 is 17.6 Å². The van der Waals surface area contributed by atoms with E-state index in [9.17, 15) is 17.6 Å². The molecule has 0 saturated carbocycles. The van der Waals surface area contributed by atoms with Gasteiger partial charge in [0, 0.05) is 12.6 Å². The Kier molecular flexibility index (Phi) is 5.80. The van der Waals surface area contributed by atoms with Crippen LogP contribution in [0.25, 0.3) is 0 Å². The molecule has 0 aliphatic rings. The number of anilines is 1. The summed E-state index contributed by atoms with van der Waals surface area (Å²) < 4.78 is 51.6. The van der Waals surface area contributed by atoms with Gasteiger partial charge in [-0.25, -0.2) is 4.39 Å². The van der Waals surface area contributed by atoms with Crippen LogP contribution in [0.1, 0.15) is 25.8 Å². The van der Waals surface area contributed by atoms with E-state index in [4.69, 9.17) is 5.73 Å². The third kappa shape index (κ3) is 5.36. The van der Waals surface area contributed by atoms with Crippen LogP contribution in [0.15, 0.2) is 18.2 Å². The molecule has 114 valence electrons. The van der Waals surface area contributed by atoms with Crippen molar-refractivity contribution in [3.63, 3.8) is 0 Å². The van der Waals surface area contributed by atoms with Gasteiger partial charge in [-0.3, -0.25) is 0 Å². The Labute approximate surface area is 116 Å². The lowest BCUT2D eigenvalue weighted by molar-refractivity contribution is -0.119. The fraction of sp³-hybridized carbons (Fsp3) is 0.571. The molecule has 0 amide bonds. The molecule has 0 radical (unpaired) electrons. The van der Waals surface area contributed by atoms with Gasteiger partial charge in [-0.2, -0.15) is 13.2 Å². The first-order valence-electron chi connectivity index (χ1n) is 6.58. The van der Waals surface area contributed by atoms with Crippen LogP contribution in [-0.2, 0) is 6.42 Å². The molecule has 0 bridgehead atoms. The van der Waals surface area contributed by atoms with Gasteiger partial charge in [0.1, 0.15) is 12.4 Å². The number of nitrogens with zero attached hydrogens (tertiary/aromatic N) is 1. The second-order valence-electron chi connectivity index (χ2n) is 5.00. The second-order valence-corrected chi connectivity index (χ2v) is 5.00. The van der Waals surface area contributed by atoms with Gasteiger partial charge < -0.3 is 10.6 Å². The van der Waals surface area contributed by atoms with Crippen LogP contribution >= 0.6 is 0 Å². The summed E-state index contributed by atoms with van der Waals surface area (Å²) in [6.45, 7) is 2.55. The standard InChI is InChI=1S/C14H20F4N2/c1-3-6-20(9-14(16,17)18)13-5-4-11(7-10(2)19)8-12(13)15/h4-5,8,10H,3,6-7,9,19H2,1-2H3. The zero-order valence-electron chi connectivity index (χ0n) is 11.7. The fourth-order valence-corrected chi connectivity index (χ4v) is 2.08. The van der Waals surface area contributed by atoms with Crippen molar-refractivity contribution in [3.8, 4) is 0 Å². The van der Waals surface area contributed by atoms with Crippen molar-refractivity contribution in [3.05, 3.63) is 29.6 Å². The smallest absolute Gasteiger partial charge is 0.360 e. The summed E-state index contributed by atoms with van der Waals surface area (Å²) in [5, 5.41) is 0. The average Bonchev–Trinajstić information content (AvgIpc) is 2.25. The topological polar surface area (TPSA) is 29.3 Å². The van der Waals surface area contributed by atoms with Crippen LogP contribution in [0.3, 0.4) is 0 Å². The Balaban J connectivity index is 2.96. The Morgan fingerprint density at radius 2 is 1.95 bits per heavy atom. The molecule has 1 unspecified atom stereocenters. The van der Waals surface area contributed by atoms with Crippen molar-refractivity contribution >= 4 is 5.69 Å². The molecule has 1 aromatic rings. The van der Waals surface area contributed by atoms with E-state index in [0.717, 1.165) is 4.90 Å². The second kappa shape index (κ2) is 6.92. The third-order valence-corrected chi connectivity index (χ3v) is 2.77. The molecule has 0 heterocycles. The van der Waals surface area contributed by atoms with Gasteiger partial charge in [-0.15, -0.1) is 0 Å². The molecule has 1 atom stereocenters. The summed E-state index contributed by atoms with van der Waals surface area (Å²) in [6, 6.07) is 4.16. The van der Waals surface area contributed by atoms with E-state index in [2.05, 4.69) is 0 Å². The zero-order valence-corrected chi connectivity index (χ0v) is 11.7. The summed E-state index contributed by atoms with van der Waals surface area (Å²) in [7, 11) is 0. The molecule has 0 spiro atoms. The first-order valence-corrected chi connectivity index (χ1v) is 6.58. The minimum Gasteiger partial charge on any atom is -0.360 e. The van der Waals surface area contributed by atoms with Crippen molar-refractivity contribution in [2.75, 3.05) is 18.0 Å². The third-order valence-electron chi connectivity index (χ3n) is 2.77. The fourth-order valence-electron chi connectivity index (χ4n) is 2.08. The van der Waals surface area contributed by atoms with Gasteiger partial charge in [0.15, 0.2) is 0 Å². The number of nitrogens with two attached hydrogens (primary N) is 1. The predicted octanol–water partition coefficient (Wildman–Crippen LogP) is 3.49. The van der Waals surface area contributed by atoms with E-state index in [1.807, 2.05) is 0 Å². The molecule has 0 aliphatic heterocycles. The van der Waals surface area contributed by atoms with Crippen LogP contribution in [0.4, 0.5) is 23.2 Å². The van der Waals surface area contributed by atoms with E-state index in [0.29, 0.717) is 18.4 Å². The summed E-state index contributed by atoms with van der Waals surface area (Å²) >= 11 is 0. The molecule has 2 nitrogen and oxygen atoms in total. The number of hydrogen-bond acceptors (Lipinski definition) is 2. The highest BCUT2D eigenvalue weighted by Gasteiger charge is 2.31. The van der Waals surface area contributed by atoms with Gasteiger partial charge in [-0.1, -0.05) is 13.0 Å². The first-order chi connectivity index (χ1) is 9.23. The lowest BCUT2D eigenvalue weighted by atomic mass is 10.1. The maximum absolute atomic E-state index is 14.0. The Morgan fingerprint density at radius 1 is 1.30 bits per heavy atom. The van der Waals surface area contributed by atoms with Gasteiger partial charge in [-0.05, 0) is 37.5 Å². The summed E-state index contributed by atoms with van der Waals surface area (Å²) in [5.74, 6) is -0.638. The number of benzene rings is 1. The average molecular weight is 292 g/mol. The minimum absolute atomic E-state index is 0.0161. The van der Waals surface area contributed by atoms with Gasteiger partial charge in [0.05, 0.1) is 5.69 Å². The maximum Gasteiger partial charge on any atom is 0.405 e. The van der Waals surface area contributed by atoms with E-state index >= 15 is 0 Å². The molecule has 0 saturated heterocycles. The molecule has 20 heavy (non-hydrogen) atoms. The predicted molar refractivity (Wildman–Crippen MR) is 72.3 cm³/mol. The highest BCUT2D eigenvalue weighted by Crippen LogP contribution is 2.25.